The highest BCUT2D eigenvalue weighted by molar-refractivity contribution is 7.14. The Labute approximate surface area is 193 Å². The van der Waals surface area contributed by atoms with Crippen LogP contribution in [0.3, 0.4) is 0 Å². The Kier molecular flexibility index (Phi) is 6.51. The lowest BCUT2D eigenvalue weighted by molar-refractivity contribution is -0.384. The van der Waals surface area contributed by atoms with Crippen molar-refractivity contribution < 1.29 is 14.5 Å². The van der Waals surface area contributed by atoms with E-state index < -0.39 is 10.9 Å². The monoisotopic (exact) mass is 458 g/mol. The van der Waals surface area contributed by atoms with Crippen LogP contribution in [0.25, 0.3) is 11.3 Å². The number of hydrogen-bond acceptors (Lipinski definition) is 8. The summed E-state index contributed by atoms with van der Waals surface area (Å²) in [5.41, 5.74) is 6.52. The fourth-order valence-electron chi connectivity index (χ4n) is 2.91. The molecule has 0 atom stereocenters. The third kappa shape index (κ3) is 5.46. The molecule has 164 valence electrons. The highest BCUT2D eigenvalue weighted by Gasteiger charge is 2.10. The van der Waals surface area contributed by atoms with Gasteiger partial charge < -0.3 is 4.74 Å². The Morgan fingerprint density at radius 2 is 1.70 bits per heavy atom. The second-order valence-electron chi connectivity index (χ2n) is 6.93. The number of carbonyl (C=O) groups excluding carboxylic acids is 1. The molecule has 0 saturated carbocycles. The van der Waals surface area contributed by atoms with Gasteiger partial charge in [0.15, 0.2) is 0 Å². The van der Waals surface area contributed by atoms with Crippen LogP contribution < -0.4 is 10.2 Å². The molecule has 8 nitrogen and oxygen atoms in total. The number of hydrazone groups is 1. The fourth-order valence-corrected chi connectivity index (χ4v) is 3.57. The normalized spacial score (nSPS) is 11.1. The quantitative estimate of drug-likeness (QED) is 0.124. The van der Waals surface area contributed by atoms with Gasteiger partial charge in [0, 0.05) is 23.1 Å². The zero-order chi connectivity index (χ0) is 23.2. The van der Waals surface area contributed by atoms with Gasteiger partial charge in [-0.25, -0.2) is 9.78 Å². The lowest BCUT2D eigenvalue weighted by Gasteiger charge is -2.06. The van der Waals surface area contributed by atoms with Gasteiger partial charge in [-0.2, -0.15) is 5.10 Å². The molecule has 0 aliphatic rings. The number of ether oxygens (including phenoxy) is 1. The molecule has 0 unspecified atom stereocenters. The summed E-state index contributed by atoms with van der Waals surface area (Å²) in [5, 5.41) is 17.6. The van der Waals surface area contributed by atoms with Crippen LogP contribution in [0.2, 0.25) is 0 Å². The zero-order valence-corrected chi connectivity index (χ0v) is 18.3. The maximum atomic E-state index is 12.2. The molecule has 0 radical (unpaired) electrons. The Bertz CT molecular complexity index is 1300. The molecule has 1 aromatic heterocycles. The SMILES string of the molecule is C/C(=N/Nc1nc(-c2ccc([N+](=O)[O-])cc2)cs1)c1ccc(OC(=O)c2ccccc2)cc1. The molecule has 0 amide bonds. The number of aromatic nitrogens is 1. The minimum Gasteiger partial charge on any atom is -0.423 e. The van der Waals surface area contributed by atoms with Crippen molar-refractivity contribution in [2.24, 2.45) is 5.10 Å². The van der Waals surface area contributed by atoms with E-state index in [-0.39, 0.29) is 5.69 Å². The van der Waals surface area contributed by atoms with Gasteiger partial charge in [0.05, 0.1) is 21.9 Å². The van der Waals surface area contributed by atoms with Crippen molar-refractivity contribution in [2.75, 3.05) is 5.43 Å². The van der Waals surface area contributed by atoms with Gasteiger partial charge in [0.25, 0.3) is 5.69 Å². The number of thiazole rings is 1. The topological polar surface area (TPSA) is 107 Å². The number of nitrogens with zero attached hydrogens (tertiary/aromatic N) is 3. The van der Waals surface area contributed by atoms with Crippen molar-refractivity contribution in [1.29, 1.82) is 0 Å². The van der Waals surface area contributed by atoms with E-state index in [0.29, 0.717) is 22.1 Å². The number of hydrogen-bond donors (Lipinski definition) is 1. The minimum atomic E-state index is -0.435. The molecule has 4 rings (SSSR count). The minimum absolute atomic E-state index is 0.0356. The van der Waals surface area contributed by atoms with E-state index in [1.165, 1.54) is 23.5 Å². The predicted molar refractivity (Wildman–Crippen MR) is 128 cm³/mol. The smallest absolute Gasteiger partial charge is 0.343 e. The molecular formula is C24H18N4O4S. The van der Waals surface area contributed by atoms with Crippen LogP contribution in [0.4, 0.5) is 10.8 Å². The van der Waals surface area contributed by atoms with Crippen LogP contribution in [0.5, 0.6) is 5.75 Å². The molecule has 1 heterocycles. The third-order valence-corrected chi connectivity index (χ3v) is 5.44. The standard InChI is InChI=1S/C24H18N4O4S/c1-16(17-9-13-21(14-10-17)32-23(29)19-5-3-2-4-6-19)26-27-24-25-22(15-33-24)18-7-11-20(12-8-18)28(30)31/h2-15H,1H3,(H,25,27)/b26-16-. The predicted octanol–water partition coefficient (Wildman–Crippen LogP) is 5.77. The summed E-state index contributed by atoms with van der Waals surface area (Å²) in [6.45, 7) is 1.85. The number of esters is 1. The molecule has 0 aliphatic heterocycles. The number of non-ortho nitro benzene ring substituents is 1. The molecule has 3 aromatic carbocycles. The number of nitro benzene ring substituents is 1. The Hall–Kier alpha value is -4.37. The summed E-state index contributed by atoms with van der Waals surface area (Å²) < 4.78 is 5.39. The van der Waals surface area contributed by atoms with E-state index in [9.17, 15) is 14.9 Å². The summed E-state index contributed by atoms with van der Waals surface area (Å²) in [7, 11) is 0. The second-order valence-corrected chi connectivity index (χ2v) is 7.79. The van der Waals surface area contributed by atoms with Crippen LogP contribution >= 0.6 is 11.3 Å². The van der Waals surface area contributed by atoms with E-state index in [0.717, 1.165) is 16.8 Å². The number of nitro groups is 1. The third-order valence-electron chi connectivity index (χ3n) is 4.69. The van der Waals surface area contributed by atoms with Crippen molar-refractivity contribution in [3.8, 4) is 17.0 Å². The van der Waals surface area contributed by atoms with Crippen LogP contribution in [-0.2, 0) is 0 Å². The Morgan fingerprint density at radius 1 is 1.00 bits per heavy atom. The van der Waals surface area contributed by atoms with Gasteiger partial charge in [0.2, 0.25) is 5.13 Å². The molecule has 33 heavy (non-hydrogen) atoms. The summed E-state index contributed by atoms with van der Waals surface area (Å²) in [6.07, 6.45) is 0. The number of carbonyl (C=O) groups is 1. The van der Waals surface area contributed by atoms with E-state index in [1.54, 1.807) is 48.5 Å². The average molecular weight is 458 g/mol. The molecule has 1 N–H and O–H groups in total. The molecular weight excluding hydrogens is 440 g/mol. The Balaban J connectivity index is 1.38. The highest BCUT2D eigenvalue weighted by atomic mass is 32.1. The molecule has 0 saturated heterocycles. The summed E-state index contributed by atoms with van der Waals surface area (Å²) in [6, 6.07) is 22.1. The summed E-state index contributed by atoms with van der Waals surface area (Å²) >= 11 is 1.38. The Morgan fingerprint density at radius 3 is 2.36 bits per heavy atom. The van der Waals surface area contributed by atoms with E-state index in [1.807, 2.05) is 30.5 Å². The van der Waals surface area contributed by atoms with Gasteiger partial charge in [0.1, 0.15) is 5.75 Å². The number of nitrogens with one attached hydrogen (secondary N) is 1. The second kappa shape index (κ2) is 9.84. The lowest BCUT2D eigenvalue weighted by atomic mass is 10.1. The van der Waals surface area contributed by atoms with E-state index in [2.05, 4.69) is 15.5 Å². The average Bonchev–Trinajstić information content (AvgIpc) is 3.33. The highest BCUT2D eigenvalue weighted by Crippen LogP contribution is 2.26. The molecule has 4 aromatic rings. The van der Waals surface area contributed by atoms with Crippen LogP contribution in [0.1, 0.15) is 22.8 Å². The lowest BCUT2D eigenvalue weighted by Crippen LogP contribution is -2.08. The molecule has 9 heteroatoms. The van der Waals surface area contributed by atoms with Gasteiger partial charge in [-0.05, 0) is 61.0 Å². The van der Waals surface area contributed by atoms with Crippen LogP contribution in [0.15, 0.2) is 89.3 Å². The van der Waals surface area contributed by atoms with Crippen molar-refractivity contribution in [1.82, 2.24) is 4.98 Å². The van der Waals surface area contributed by atoms with Gasteiger partial charge in [-0.3, -0.25) is 15.5 Å². The first-order valence-corrected chi connectivity index (χ1v) is 10.8. The maximum Gasteiger partial charge on any atom is 0.343 e. The van der Waals surface area contributed by atoms with Crippen molar-refractivity contribution in [3.63, 3.8) is 0 Å². The van der Waals surface area contributed by atoms with Crippen molar-refractivity contribution in [2.45, 2.75) is 6.92 Å². The van der Waals surface area contributed by atoms with Gasteiger partial charge in [-0.15, -0.1) is 11.3 Å². The number of benzene rings is 3. The fraction of sp³-hybridized carbons (Fsp3) is 0.0417. The van der Waals surface area contributed by atoms with Crippen molar-refractivity contribution in [3.05, 3.63) is 105 Å². The first kappa shape index (κ1) is 21.8. The largest absolute Gasteiger partial charge is 0.423 e. The van der Waals surface area contributed by atoms with Crippen molar-refractivity contribution >= 4 is 33.8 Å². The maximum absolute atomic E-state index is 12.2. The molecule has 0 aliphatic carbocycles. The van der Waals surface area contributed by atoms with Crippen LogP contribution in [0, 0.1) is 10.1 Å². The summed E-state index contributed by atoms with van der Waals surface area (Å²) in [5.74, 6) is 0.0315. The van der Waals surface area contributed by atoms with Crippen LogP contribution in [-0.4, -0.2) is 21.6 Å². The van der Waals surface area contributed by atoms with Gasteiger partial charge in [-0.1, -0.05) is 18.2 Å². The number of rotatable bonds is 7. The van der Waals surface area contributed by atoms with E-state index in [4.69, 9.17) is 4.74 Å². The van der Waals surface area contributed by atoms with Gasteiger partial charge >= 0.3 is 5.97 Å². The molecule has 0 bridgehead atoms. The number of anilines is 1. The molecule has 0 spiro atoms. The summed E-state index contributed by atoms with van der Waals surface area (Å²) in [4.78, 5) is 27.0. The van der Waals surface area contributed by atoms with E-state index >= 15 is 0 Å². The molecule has 0 fully saturated rings. The zero-order valence-electron chi connectivity index (χ0n) is 17.5. The first-order chi connectivity index (χ1) is 16.0. The first-order valence-electron chi connectivity index (χ1n) is 9.88.